The quantitative estimate of drug-likeness (QED) is 0.156. The minimum absolute atomic E-state index is 0.558. The van der Waals surface area contributed by atoms with Gasteiger partial charge in [-0.2, -0.15) is 9.97 Å². The van der Waals surface area contributed by atoms with Gasteiger partial charge >= 0.3 is 0 Å². The molecule has 0 fully saturated rings. The first-order valence-electron chi connectivity index (χ1n) is 25.7. The normalized spacial score (nSPS) is 12.9. The zero-order valence-electron chi connectivity index (χ0n) is 40.6. The van der Waals surface area contributed by atoms with Gasteiger partial charge in [-0.3, -0.25) is 4.57 Å². The van der Waals surface area contributed by atoms with E-state index in [1.54, 1.807) is 0 Å². The van der Waals surface area contributed by atoms with Gasteiger partial charge in [-0.15, -0.1) is 0 Å². The zero-order valence-corrected chi connectivity index (χ0v) is 40.6. The van der Waals surface area contributed by atoms with Gasteiger partial charge in [0.2, 0.25) is 5.95 Å². The molecule has 0 atom stereocenters. The Balaban J connectivity index is 0.961. The van der Waals surface area contributed by atoms with Crippen molar-refractivity contribution in [1.82, 2.24) is 24.1 Å². The molecule has 1 aliphatic rings. The van der Waals surface area contributed by atoms with E-state index in [0.717, 1.165) is 55.2 Å². The van der Waals surface area contributed by atoms with E-state index >= 15 is 0 Å². The largest absolute Gasteiger partial charge is 0.309 e. The molecule has 75 heavy (non-hydrogen) atoms. The Morgan fingerprint density at radius 1 is 0.293 bits per heavy atom. The van der Waals surface area contributed by atoms with Crippen LogP contribution in [0.1, 0.15) is 22.3 Å². The first-order valence-corrected chi connectivity index (χ1v) is 25.7. The van der Waals surface area contributed by atoms with Crippen molar-refractivity contribution in [1.29, 1.82) is 0 Å². The van der Waals surface area contributed by atoms with Crippen LogP contribution in [0.4, 0.5) is 0 Å². The molecule has 0 radical (unpaired) electrons. The minimum Gasteiger partial charge on any atom is -0.309 e. The number of para-hydroxylation sites is 2. The van der Waals surface area contributed by atoms with Crippen LogP contribution >= 0.6 is 0 Å². The SMILES string of the molecule is c1ccc(-c2nc(-c3cccc4c3-c3ccccc3C4(c3ccccc3)c3ccccc3)nc(-n3c4ccccc4c4c5c6ccccc6n(-c6ccc7c8ccccc8c8ccccc8c7c6)c5ccc43)n2)cc1. The van der Waals surface area contributed by atoms with E-state index in [9.17, 15) is 0 Å². The standard InChI is InChI=1S/C70H43N5/c1-4-21-44(22-5-1)67-71-68(56-34-20-36-59-64(56)53-31-14-17-35-58(53)70(59,45-23-6-2-7-24-45)46-25-8-3-9-26-46)73-69(72-67)75-61-38-19-16-33-55(61)66-63(75)42-41-62-65(66)54-32-15-18-37-60(54)74(62)47-39-40-52-50-29-11-10-27-48(50)49-28-12-13-30-51(49)57(52)43-47/h1-43H. The number of hydrogen-bond acceptors (Lipinski definition) is 3. The van der Waals surface area contributed by atoms with Crippen LogP contribution in [-0.4, -0.2) is 24.1 Å². The molecule has 0 amide bonds. The lowest BCUT2D eigenvalue weighted by Crippen LogP contribution is -2.28. The lowest BCUT2D eigenvalue weighted by Gasteiger charge is -2.33. The molecule has 5 heteroatoms. The maximum atomic E-state index is 5.62. The van der Waals surface area contributed by atoms with Crippen molar-refractivity contribution >= 4 is 75.9 Å². The van der Waals surface area contributed by atoms with Gasteiger partial charge < -0.3 is 4.57 Å². The zero-order chi connectivity index (χ0) is 49.2. The molecule has 1 aliphatic carbocycles. The van der Waals surface area contributed by atoms with Gasteiger partial charge in [0.05, 0.1) is 27.5 Å². The molecule has 348 valence electrons. The smallest absolute Gasteiger partial charge is 0.238 e. The summed E-state index contributed by atoms with van der Waals surface area (Å²) in [5, 5.41) is 12.2. The van der Waals surface area contributed by atoms with Gasteiger partial charge in [-0.1, -0.05) is 224 Å². The van der Waals surface area contributed by atoms with Gasteiger partial charge in [0.1, 0.15) is 0 Å². The molecule has 0 unspecified atom stereocenters. The third-order valence-corrected chi connectivity index (χ3v) is 16.0. The summed E-state index contributed by atoms with van der Waals surface area (Å²) in [6, 6.07) is 94.5. The Labute approximate surface area is 431 Å². The molecule has 15 aromatic rings. The Bertz CT molecular complexity index is 4750. The summed E-state index contributed by atoms with van der Waals surface area (Å²) in [6.45, 7) is 0. The van der Waals surface area contributed by atoms with Crippen molar-refractivity contribution in [2.24, 2.45) is 0 Å². The molecule has 0 saturated heterocycles. The number of fused-ring (bicyclic) bond motifs is 16. The first-order chi connectivity index (χ1) is 37.2. The third-order valence-electron chi connectivity index (χ3n) is 16.0. The predicted molar refractivity (Wildman–Crippen MR) is 309 cm³/mol. The lowest BCUT2D eigenvalue weighted by atomic mass is 9.67. The fourth-order valence-corrected chi connectivity index (χ4v) is 13.0. The predicted octanol–water partition coefficient (Wildman–Crippen LogP) is 17.2. The molecule has 3 heterocycles. The molecule has 12 aromatic carbocycles. The number of hydrogen-bond donors (Lipinski definition) is 0. The molecule has 0 saturated carbocycles. The molecule has 5 nitrogen and oxygen atoms in total. The fourth-order valence-electron chi connectivity index (χ4n) is 13.0. The highest BCUT2D eigenvalue weighted by molar-refractivity contribution is 6.29. The first kappa shape index (κ1) is 41.6. The van der Waals surface area contributed by atoms with Crippen molar-refractivity contribution in [3.05, 3.63) is 283 Å². The average molecular weight is 954 g/mol. The number of aromatic nitrogens is 5. The van der Waals surface area contributed by atoms with Crippen molar-refractivity contribution in [2.75, 3.05) is 0 Å². The van der Waals surface area contributed by atoms with E-state index in [1.807, 2.05) is 6.07 Å². The topological polar surface area (TPSA) is 48.5 Å². The van der Waals surface area contributed by atoms with Gasteiger partial charge in [0.15, 0.2) is 11.6 Å². The number of rotatable bonds is 6. The second kappa shape index (κ2) is 16.0. The molecule has 0 spiro atoms. The summed E-state index contributed by atoms with van der Waals surface area (Å²) in [5.74, 6) is 1.78. The van der Waals surface area contributed by atoms with E-state index in [2.05, 4.69) is 264 Å². The van der Waals surface area contributed by atoms with Gasteiger partial charge in [-0.05, 0) is 102 Å². The molecular weight excluding hydrogens is 911 g/mol. The summed E-state index contributed by atoms with van der Waals surface area (Å²) in [4.78, 5) is 16.5. The van der Waals surface area contributed by atoms with Crippen LogP contribution in [0.25, 0.3) is 121 Å². The van der Waals surface area contributed by atoms with Crippen molar-refractivity contribution in [3.63, 3.8) is 0 Å². The Kier molecular flexibility index (Phi) is 8.89. The van der Waals surface area contributed by atoms with Crippen LogP contribution in [0, 0.1) is 0 Å². The average Bonchev–Trinajstić information content (AvgIpc) is 4.24. The second-order valence-corrected chi connectivity index (χ2v) is 19.8. The highest BCUT2D eigenvalue weighted by atomic mass is 15.2. The molecule has 0 bridgehead atoms. The van der Waals surface area contributed by atoms with Crippen LogP contribution in [-0.2, 0) is 5.41 Å². The monoisotopic (exact) mass is 953 g/mol. The number of benzene rings is 12. The van der Waals surface area contributed by atoms with Crippen LogP contribution in [0.5, 0.6) is 0 Å². The van der Waals surface area contributed by atoms with Gasteiger partial charge in [0, 0.05) is 38.4 Å². The Morgan fingerprint density at radius 2 is 0.760 bits per heavy atom. The van der Waals surface area contributed by atoms with Gasteiger partial charge in [0.25, 0.3) is 0 Å². The van der Waals surface area contributed by atoms with E-state index < -0.39 is 5.41 Å². The summed E-state index contributed by atoms with van der Waals surface area (Å²) in [6.07, 6.45) is 0. The third kappa shape index (κ3) is 5.86. The van der Waals surface area contributed by atoms with E-state index in [-0.39, 0.29) is 0 Å². The number of nitrogens with zero attached hydrogens (tertiary/aromatic N) is 5. The van der Waals surface area contributed by atoms with Crippen molar-refractivity contribution in [2.45, 2.75) is 5.41 Å². The fraction of sp³-hybridized carbons (Fsp3) is 0.0143. The molecular formula is C70H43N5. The van der Waals surface area contributed by atoms with E-state index in [4.69, 9.17) is 15.0 Å². The van der Waals surface area contributed by atoms with E-state index in [1.165, 1.54) is 70.9 Å². The summed E-state index contributed by atoms with van der Waals surface area (Å²) in [5.41, 5.74) is 13.9. The van der Waals surface area contributed by atoms with Crippen LogP contribution in [0.3, 0.4) is 0 Å². The molecule has 16 rings (SSSR count). The summed E-state index contributed by atoms with van der Waals surface area (Å²) in [7, 11) is 0. The van der Waals surface area contributed by atoms with Crippen LogP contribution in [0.2, 0.25) is 0 Å². The maximum Gasteiger partial charge on any atom is 0.238 e. The highest BCUT2D eigenvalue weighted by Crippen LogP contribution is 2.58. The minimum atomic E-state index is -0.574. The highest BCUT2D eigenvalue weighted by Gasteiger charge is 2.47. The van der Waals surface area contributed by atoms with E-state index in [0.29, 0.717) is 17.6 Å². The summed E-state index contributed by atoms with van der Waals surface area (Å²) < 4.78 is 4.71. The van der Waals surface area contributed by atoms with Gasteiger partial charge in [-0.25, -0.2) is 4.98 Å². The molecule has 0 aliphatic heterocycles. The van der Waals surface area contributed by atoms with Crippen molar-refractivity contribution in [3.8, 4) is 45.5 Å². The molecule has 0 N–H and O–H groups in total. The Hall–Kier alpha value is -9.97. The maximum absolute atomic E-state index is 5.62. The Morgan fingerprint density at radius 3 is 1.40 bits per heavy atom. The lowest BCUT2D eigenvalue weighted by molar-refractivity contribution is 0.768. The van der Waals surface area contributed by atoms with Crippen molar-refractivity contribution < 1.29 is 0 Å². The van der Waals surface area contributed by atoms with Crippen LogP contribution in [0.15, 0.2) is 261 Å². The van der Waals surface area contributed by atoms with Crippen LogP contribution < -0.4 is 0 Å². The summed E-state index contributed by atoms with van der Waals surface area (Å²) >= 11 is 0. The second-order valence-electron chi connectivity index (χ2n) is 19.8. The molecule has 3 aromatic heterocycles.